The Bertz CT molecular complexity index is 828. The number of carbonyl (C=O) groups is 2. The van der Waals surface area contributed by atoms with Crippen molar-refractivity contribution in [2.75, 3.05) is 26.7 Å². The maximum atomic E-state index is 12.9. The summed E-state index contributed by atoms with van der Waals surface area (Å²) < 4.78 is 6.81. The minimum atomic E-state index is -0.353. The monoisotopic (exact) mass is 368 g/mol. The number of benzene rings is 1. The second kappa shape index (κ2) is 8.09. The average Bonchev–Trinajstić information content (AvgIpc) is 2.97. The van der Waals surface area contributed by atoms with E-state index in [2.05, 4.69) is 16.4 Å². The summed E-state index contributed by atoms with van der Waals surface area (Å²) in [6.07, 6.45) is 2.33. The van der Waals surface area contributed by atoms with Crippen molar-refractivity contribution in [2.45, 2.75) is 33.6 Å². The Labute approximate surface area is 160 Å². The number of nitrogens with zero attached hydrogens (tertiary/aromatic N) is 2. The fourth-order valence-corrected chi connectivity index (χ4v) is 3.82. The first kappa shape index (κ1) is 19.4. The number of hydrogen-bond donors (Lipinski definition) is 0. The first-order valence-electron chi connectivity index (χ1n) is 9.54. The van der Waals surface area contributed by atoms with Gasteiger partial charge in [0.05, 0.1) is 19.2 Å². The van der Waals surface area contributed by atoms with Crippen LogP contribution in [0.2, 0.25) is 0 Å². The van der Waals surface area contributed by atoms with E-state index in [4.69, 9.17) is 4.74 Å². The Kier molecular flexibility index (Phi) is 5.80. The summed E-state index contributed by atoms with van der Waals surface area (Å²) in [6.45, 7) is 8.74. The molecular formula is C22H28N2O3. The third-order valence-corrected chi connectivity index (χ3v) is 5.52. The Morgan fingerprint density at radius 3 is 2.33 bits per heavy atom. The summed E-state index contributed by atoms with van der Waals surface area (Å²) in [4.78, 5) is 26.8. The third-order valence-electron chi connectivity index (χ3n) is 5.52. The maximum Gasteiger partial charge on any atom is 0.337 e. The van der Waals surface area contributed by atoms with Crippen molar-refractivity contribution >= 4 is 11.8 Å². The predicted molar refractivity (Wildman–Crippen MR) is 106 cm³/mol. The lowest BCUT2D eigenvalue weighted by molar-refractivity contribution is 0.0600. The molecule has 5 heteroatoms. The average molecular weight is 368 g/mol. The minimum Gasteiger partial charge on any atom is -0.465 e. The molecule has 1 aromatic heterocycles. The van der Waals surface area contributed by atoms with Gasteiger partial charge in [0.1, 0.15) is 0 Å². The molecule has 0 N–H and O–H groups in total. The number of aryl methyl sites for hydroxylation is 1. The van der Waals surface area contributed by atoms with Gasteiger partial charge in [0.2, 0.25) is 0 Å². The van der Waals surface area contributed by atoms with Crippen LogP contribution in [0.5, 0.6) is 0 Å². The molecule has 3 rings (SSSR count). The highest BCUT2D eigenvalue weighted by atomic mass is 16.5. The molecule has 0 bridgehead atoms. The van der Waals surface area contributed by atoms with Crippen LogP contribution in [0.25, 0.3) is 5.69 Å². The van der Waals surface area contributed by atoms with Gasteiger partial charge in [-0.25, -0.2) is 4.79 Å². The molecule has 0 unspecified atom stereocenters. The van der Waals surface area contributed by atoms with Crippen molar-refractivity contribution < 1.29 is 14.3 Å². The second-order valence-electron chi connectivity index (χ2n) is 7.54. The van der Waals surface area contributed by atoms with E-state index in [1.165, 1.54) is 20.0 Å². The summed E-state index contributed by atoms with van der Waals surface area (Å²) in [5.74, 6) is 0.582. The molecule has 1 aliphatic rings. The predicted octanol–water partition coefficient (Wildman–Crippen LogP) is 3.80. The Hall–Kier alpha value is -2.40. The molecule has 0 radical (unpaired) electrons. The van der Waals surface area contributed by atoms with Crippen LogP contribution in [0.15, 0.2) is 30.3 Å². The normalized spacial score (nSPS) is 15.7. The van der Waals surface area contributed by atoms with Crippen molar-refractivity contribution in [3.8, 4) is 5.69 Å². The quantitative estimate of drug-likeness (QED) is 0.595. The van der Waals surface area contributed by atoms with E-state index >= 15 is 0 Å². The number of piperidine rings is 1. The summed E-state index contributed by atoms with van der Waals surface area (Å²) in [6, 6.07) is 9.23. The van der Waals surface area contributed by atoms with E-state index in [9.17, 15) is 9.59 Å². The van der Waals surface area contributed by atoms with Gasteiger partial charge in [0, 0.05) is 22.6 Å². The van der Waals surface area contributed by atoms with E-state index in [0.717, 1.165) is 41.6 Å². The maximum absolute atomic E-state index is 12.9. The van der Waals surface area contributed by atoms with E-state index in [0.29, 0.717) is 12.1 Å². The molecule has 5 nitrogen and oxygen atoms in total. The van der Waals surface area contributed by atoms with Crippen molar-refractivity contribution in [1.82, 2.24) is 9.47 Å². The molecule has 27 heavy (non-hydrogen) atoms. The number of hydrogen-bond acceptors (Lipinski definition) is 4. The molecule has 1 aromatic carbocycles. The number of esters is 1. The molecule has 1 saturated heterocycles. The number of likely N-dealkylation sites (tertiary alicyclic amines) is 1. The highest BCUT2D eigenvalue weighted by molar-refractivity contribution is 5.99. The molecular weight excluding hydrogens is 340 g/mol. The van der Waals surface area contributed by atoms with E-state index in [1.807, 2.05) is 32.0 Å². The van der Waals surface area contributed by atoms with Gasteiger partial charge in [-0.3, -0.25) is 9.69 Å². The Morgan fingerprint density at radius 1 is 1.11 bits per heavy atom. The fourth-order valence-electron chi connectivity index (χ4n) is 3.82. The number of ketones is 1. The summed E-state index contributed by atoms with van der Waals surface area (Å²) in [5, 5.41) is 0. The van der Waals surface area contributed by atoms with Crippen LogP contribution in [0.4, 0.5) is 0 Å². The summed E-state index contributed by atoms with van der Waals surface area (Å²) in [7, 11) is 1.37. The molecule has 0 aliphatic carbocycles. The molecule has 0 spiro atoms. The molecule has 0 atom stereocenters. The zero-order chi connectivity index (χ0) is 19.6. The second-order valence-corrected chi connectivity index (χ2v) is 7.54. The SMILES string of the molecule is COC(=O)c1ccc(-n2c(C)cc(C(=O)CN3CCC(C)CC3)c2C)cc1. The van der Waals surface area contributed by atoms with Gasteiger partial charge in [-0.1, -0.05) is 6.92 Å². The van der Waals surface area contributed by atoms with Crippen molar-refractivity contribution in [3.63, 3.8) is 0 Å². The van der Waals surface area contributed by atoms with Crippen LogP contribution in [-0.4, -0.2) is 48.0 Å². The van der Waals surface area contributed by atoms with Crippen LogP contribution >= 0.6 is 0 Å². The first-order chi connectivity index (χ1) is 12.9. The lowest BCUT2D eigenvalue weighted by Crippen LogP contribution is -2.36. The number of rotatable bonds is 5. The molecule has 1 aliphatic heterocycles. The zero-order valence-corrected chi connectivity index (χ0v) is 16.6. The van der Waals surface area contributed by atoms with E-state index in [-0.39, 0.29) is 11.8 Å². The van der Waals surface area contributed by atoms with E-state index in [1.54, 1.807) is 12.1 Å². The standard InChI is InChI=1S/C22H28N2O3/c1-15-9-11-23(12-10-15)14-21(25)20-13-16(2)24(17(20)3)19-7-5-18(6-8-19)22(26)27-4/h5-8,13,15H,9-12,14H2,1-4H3. The van der Waals surface area contributed by atoms with Gasteiger partial charge in [-0.05, 0) is 76.0 Å². The summed E-state index contributed by atoms with van der Waals surface area (Å²) >= 11 is 0. The molecule has 1 fully saturated rings. The van der Waals surface area contributed by atoms with Gasteiger partial charge in [0.15, 0.2) is 5.78 Å². The largest absolute Gasteiger partial charge is 0.465 e. The van der Waals surface area contributed by atoms with Gasteiger partial charge in [0.25, 0.3) is 0 Å². The van der Waals surface area contributed by atoms with Gasteiger partial charge < -0.3 is 9.30 Å². The highest BCUT2D eigenvalue weighted by Crippen LogP contribution is 2.23. The number of ether oxygens (including phenoxy) is 1. The van der Waals surface area contributed by atoms with Gasteiger partial charge >= 0.3 is 5.97 Å². The Balaban J connectivity index is 1.80. The minimum absolute atomic E-state index is 0.176. The van der Waals surface area contributed by atoms with Gasteiger partial charge in [-0.2, -0.15) is 0 Å². The topological polar surface area (TPSA) is 51.5 Å². The van der Waals surface area contributed by atoms with Crippen molar-refractivity contribution in [2.24, 2.45) is 5.92 Å². The lowest BCUT2D eigenvalue weighted by Gasteiger charge is -2.29. The van der Waals surface area contributed by atoms with Crippen LogP contribution in [0.1, 0.15) is 51.9 Å². The van der Waals surface area contributed by atoms with Crippen LogP contribution < -0.4 is 0 Å². The highest BCUT2D eigenvalue weighted by Gasteiger charge is 2.22. The molecule has 144 valence electrons. The third kappa shape index (κ3) is 4.14. The number of methoxy groups -OCH3 is 1. The molecule has 0 amide bonds. The number of Topliss-reactive ketones (excluding diaryl/α,β-unsaturated/α-hetero) is 1. The first-order valence-corrected chi connectivity index (χ1v) is 9.54. The molecule has 2 aromatic rings. The summed E-state index contributed by atoms with van der Waals surface area (Å²) in [5.41, 5.74) is 4.17. The fraction of sp³-hybridized carbons (Fsp3) is 0.455. The van der Waals surface area contributed by atoms with Crippen LogP contribution in [-0.2, 0) is 4.74 Å². The zero-order valence-electron chi connectivity index (χ0n) is 16.6. The van der Waals surface area contributed by atoms with E-state index < -0.39 is 0 Å². The van der Waals surface area contributed by atoms with Crippen LogP contribution in [0.3, 0.4) is 0 Å². The smallest absolute Gasteiger partial charge is 0.337 e. The van der Waals surface area contributed by atoms with Crippen molar-refractivity contribution in [1.29, 1.82) is 0 Å². The molecule has 2 heterocycles. The van der Waals surface area contributed by atoms with Crippen molar-refractivity contribution in [3.05, 3.63) is 52.8 Å². The van der Waals surface area contributed by atoms with Crippen LogP contribution in [0, 0.1) is 19.8 Å². The Morgan fingerprint density at radius 2 is 1.74 bits per heavy atom. The number of aromatic nitrogens is 1. The lowest BCUT2D eigenvalue weighted by atomic mass is 9.99. The number of carbonyl (C=O) groups excluding carboxylic acids is 2. The molecule has 0 saturated carbocycles. The van der Waals surface area contributed by atoms with Gasteiger partial charge in [-0.15, -0.1) is 0 Å².